The van der Waals surface area contributed by atoms with Crippen molar-refractivity contribution in [2.75, 3.05) is 43.2 Å². The molecule has 34 heavy (non-hydrogen) atoms. The van der Waals surface area contributed by atoms with Crippen LogP contribution in [-0.4, -0.2) is 50.9 Å². The van der Waals surface area contributed by atoms with E-state index in [-0.39, 0.29) is 17.9 Å². The molecule has 2 aromatic rings. The first-order valence-corrected chi connectivity index (χ1v) is 12.0. The van der Waals surface area contributed by atoms with Gasteiger partial charge in [-0.1, -0.05) is 6.07 Å². The van der Waals surface area contributed by atoms with Gasteiger partial charge in [-0.05, 0) is 69.9 Å². The SMILES string of the molecule is CCOc1cc(C(=O)Nc2ccc3c(c2)N(C(=O)C2CCCO2)CC3)cc(OCC)c1OCC. The Labute approximate surface area is 200 Å². The van der Waals surface area contributed by atoms with Gasteiger partial charge in [-0.25, -0.2) is 0 Å². The number of hydrogen-bond donors (Lipinski definition) is 1. The predicted octanol–water partition coefficient (Wildman–Crippen LogP) is 4.20. The van der Waals surface area contributed by atoms with Crippen LogP contribution in [0.15, 0.2) is 30.3 Å². The van der Waals surface area contributed by atoms with E-state index in [4.69, 9.17) is 18.9 Å². The molecule has 1 atom stereocenters. The molecule has 1 saturated heterocycles. The third kappa shape index (κ3) is 4.97. The van der Waals surface area contributed by atoms with Crippen LogP contribution in [0.3, 0.4) is 0 Å². The van der Waals surface area contributed by atoms with Gasteiger partial charge in [0, 0.05) is 30.1 Å². The number of hydrogen-bond acceptors (Lipinski definition) is 6. The maximum atomic E-state index is 13.2. The Bertz CT molecular complexity index is 1020. The minimum absolute atomic E-state index is 0.00560. The van der Waals surface area contributed by atoms with Crippen LogP contribution in [0.25, 0.3) is 0 Å². The molecule has 4 rings (SSSR count). The number of carbonyl (C=O) groups excluding carboxylic acids is 2. The first-order valence-electron chi connectivity index (χ1n) is 12.0. The van der Waals surface area contributed by atoms with Crippen molar-refractivity contribution in [1.82, 2.24) is 0 Å². The first-order chi connectivity index (χ1) is 16.5. The molecule has 182 valence electrons. The number of nitrogens with one attached hydrogen (secondary N) is 1. The fourth-order valence-electron chi connectivity index (χ4n) is 4.36. The van der Waals surface area contributed by atoms with Crippen LogP contribution < -0.4 is 24.4 Å². The van der Waals surface area contributed by atoms with Crippen LogP contribution >= 0.6 is 0 Å². The molecule has 2 aliphatic rings. The van der Waals surface area contributed by atoms with Crippen molar-refractivity contribution in [2.45, 2.75) is 46.1 Å². The lowest BCUT2D eigenvalue weighted by Crippen LogP contribution is -2.37. The maximum Gasteiger partial charge on any atom is 0.256 e. The smallest absolute Gasteiger partial charge is 0.256 e. The van der Waals surface area contributed by atoms with Gasteiger partial charge in [0.05, 0.1) is 19.8 Å². The molecule has 0 bridgehead atoms. The molecule has 1 N–H and O–H groups in total. The molecule has 1 unspecified atom stereocenters. The number of rotatable bonds is 9. The Balaban J connectivity index is 1.57. The molecule has 2 aromatic carbocycles. The van der Waals surface area contributed by atoms with Gasteiger partial charge in [0.25, 0.3) is 11.8 Å². The van der Waals surface area contributed by atoms with Crippen molar-refractivity contribution in [3.8, 4) is 17.2 Å². The molecule has 2 aliphatic heterocycles. The lowest BCUT2D eigenvalue weighted by atomic mass is 10.1. The summed E-state index contributed by atoms with van der Waals surface area (Å²) < 4.78 is 22.8. The molecule has 0 saturated carbocycles. The predicted molar refractivity (Wildman–Crippen MR) is 129 cm³/mol. The fraction of sp³-hybridized carbons (Fsp3) is 0.462. The number of nitrogens with zero attached hydrogens (tertiary/aromatic N) is 1. The molecule has 2 amide bonds. The quantitative estimate of drug-likeness (QED) is 0.594. The standard InChI is InChI=1S/C26H32N2O6/c1-4-31-22-14-18(15-23(32-5-2)24(22)33-6-3)25(29)27-19-10-9-17-11-12-28(20(17)16-19)26(30)21-8-7-13-34-21/h9-10,14-16,21H,4-8,11-13H2,1-3H3,(H,27,29). The van der Waals surface area contributed by atoms with Crippen molar-refractivity contribution >= 4 is 23.2 Å². The Hall–Kier alpha value is -3.26. The van der Waals surface area contributed by atoms with Gasteiger partial charge in [-0.2, -0.15) is 0 Å². The molecule has 0 aliphatic carbocycles. The fourth-order valence-corrected chi connectivity index (χ4v) is 4.36. The minimum Gasteiger partial charge on any atom is -0.490 e. The van der Waals surface area contributed by atoms with Crippen molar-refractivity contribution in [1.29, 1.82) is 0 Å². The lowest BCUT2D eigenvalue weighted by molar-refractivity contribution is -0.127. The van der Waals surface area contributed by atoms with E-state index >= 15 is 0 Å². The van der Waals surface area contributed by atoms with E-state index in [9.17, 15) is 9.59 Å². The zero-order valence-electron chi connectivity index (χ0n) is 20.0. The van der Waals surface area contributed by atoms with Crippen LogP contribution in [0.2, 0.25) is 0 Å². The second-order valence-corrected chi connectivity index (χ2v) is 8.14. The molecule has 8 nitrogen and oxygen atoms in total. The summed E-state index contributed by atoms with van der Waals surface area (Å²) >= 11 is 0. The van der Waals surface area contributed by atoms with Gasteiger partial charge in [0.1, 0.15) is 6.10 Å². The van der Waals surface area contributed by atoms with Gasteiger partial charge in [0.2, 0.25) is 5.75 Å². The van der Waals surface area contributed by atoms with Crippen molar-refractivity contribution in [3.63, 3.8) is 0 Å². The average molecular weight is 469 g/mol. The van der Waals surface area contributed by atoms with E-state index in [1.54, 1.807) is 17.0 Å². The van der Waals surface area contributed by atoms with Crippen LogP contribution in [0.1, 0.15) is 49.5 Å². The zero-order chi connectivity index (χ0) is 24.1. The number of carbonyl (C=O) groups is 2. The van der Waals surface area contributed by atoms with Gasteiger partial charge in [-0.15, -0.1) is 0 Å². The van der Waals surface area contributed by atoms with Crippen LogP contribution in [0, 0.1) is 0 Å². The highest BCUT2D eigenvalue weighted by atomic mass is 16.5. The third-order valence-corrected chi connectivity index (χ3v) is 5.88. The van der Waals surface area contributed by atoms with Crippen molar-refractivity contribution in [2.24, 2.45) is 0 Å². The third-order valence-electron chi connectivity index (χ3n) is 5.88. The number of fused-ring (bicyclic) bond motifs is 1. The number of amides is 2. The Morgan fingerprint density at radius 2 is 1.74 bits per heavy atom. The average Bonchev–Trinajstić information content (AvgIpc) is 3.51. The Kier molecular flexibility index (Phi) is 7.57. The molecular formula is C26H32N2O6. The molecule has 2 heterocycles. The summed E-state index contributed by atoms with van der Waals surface area (Å²) in [6, 6.07) is 9.00. The van der Waals surface area contributed by atoms with Crippen LogP contribution in [0.5, 0.6) is 17.2 Å². The van der Waals surface area contributed by atoms with Gasteiger partial charge >= 0.3 is 0 Å². The van der Waals surface area contributed by atoms with E-state index in [0.29, 0.717) is 61.5 Å². The summed E-state index contributed by atoms with van der Waals surface area (Å²) in [5.41, 5.74) is 2.92. The van der Waals surface area contributed by atoms with Crippen molar-refractivity contribution in [3.05, 3.63) is 41.5 Å². The molecule has 0 radical (unpaired) electrons. The summed E-state index contributed by atoms with van der Waals surface area (Å²) in [7, 11) is 0. The van der Waals surface area contributed by atoms with Crippen LogP contribution in [0.4, 0.5) is 11.4 Å². The maximum absolute atomic E-state index is 13.2. The van der Waals surface area contributed by atoms with E-state index in [1.165, 1.54) is 0 Å². The highest BCUT2D eigenvalue weighted by Crippen LogP contribution is 2.39. The second-order valence-electron chi connectivity index (χ2n) is 8.14. The van der Waals surface area contributed by atoms with Crippen LogP contribution in [-0.2, 0) is 16.0 Å². The summed E-state index contributed by atoms with van der Waals surface area (Å²) in [6.45, 7) is 8.18. The van der Waals surface area contributed by atoms with E-state index in [1.807, 2.05) is 39.0 Å². The number of ether oxygens (including phenoxy) is 4. The van der Waals surface area contributed by atoms with Gasteiger partial charge < -0.3 is 29.2 Å². The first kappa shape index (κ1) is 23.9. The summed E-state index contributed by atoms with van der Waals surface area (Å²) in [5.74, 6) is 1.10. The molecule has 0 spiro atoms. The highest BCUT2D eigenvalue weighted by molar-refractivity contribution is 6.06. The molecule has 1 fully saturated rings. The second kappa shape index (κ2) is 10.8. The summed E-state index contributed by atoms with van der Waals surface area (Å²) in [5, 5.41) is 2.95. The lowest BCUT2D eigenvalue weighted by Gasteiger charge is -2.21. The number of anilines is 2. The van der Waals surface area contributed by atoms with E-state index in [2.05, 4.69) is 5.32 Å². The Morgan fingerprint density at radius 1 is 1.03 bits per heavy atom. The Morgan fingerprint density at radius 3 is 2.35 bits per heavy atom. The topological polar surface area (TPSA) is 86.3 Å². The zero-order valence-corrected chi connectivity index (χ0v) is 20.0. The minimum atomic E-state index is -0.373. The molecule has 0 aromatic heterocycles. The van der Waals surface area contributed by atoms with E-state index in [0.717, 1.165) is 30.5 Å². The van der Waals surface area contributed by atoms with Crippen molar-refractivity contribution < 1.29 is 28.5 Å². The van der Waals surface area contributed by atoms with E-state index < -0.39 is 0 Å². The summed E-state index contributed by atoms with van der Waals surface area (Å²) in [6.07, 6.45) is 2.07. The molecular weight excluding hydrogens is 436 g/mol. The van der Waals surface area contributed by atoms with Gasteiger partial charge in [-0.3, -0.25) is 9.59 Å². The number of benzene rings is 2. The molecule has 8 heteroatoms. The summed E-state index contributed by atoms with van der Waals surface area (Å²) in [4.78, 5) is 27.9. The monoisotopic (exact) mass is 468 g/mol. The normalized spacial score (nSPS) is 16.8. The van der Waals surface area contributed by atoms with Gasteiger partial charge in [0.15, 0.2) is 11.5 Å². The largest absolute Gasteiger partial charge is 0.490 e. The highest BCUT2D eigenvalue weighted by Gasteiger charge is 2.33.